The second-order valence-electron chi connectivity index (χ2n) is 8.68. The average Bonchev–Trinajstić information content (AvgIpc) is 2.89. The number of amides is 1. The number of aryl methyl sites for hydroxylation is 1. The molecule has 5 nitrogen and oxygen atoms in total. The zero-order valence-electron chi connectivity index (χ0n) is 17.6. The van der Waals surface area contributed by atoms with Crippen molar-refractivity contribution in [3.8, 4) is 0 Å². The standard InChI is InChI=1S/C24H34N4O/c1-28-22-14-13-20(26-19-11-7-2-3-8-12-19)17-21(22)23(27-28)24(29)25-16-15-18-9-5-4-6-10-18/h4-6,9-10,19-20,26H,2-3,7-8,11-17H2,1H3,(H,25,29). The Labute approximate surface area is 174 Å². The van der Waals surface area contributed by atoms with Crippen molar-refractivity contribution in [3.63, 3.8) is 0 Å². The predicted octanol–water partition coefficient (Wildman–Crippen LogP) is 3.56. The molecule has 5 heteroatoms. The predicted molar refractivity (Wildman–Crippen MR) is 116 cm³/mol. The lowest BCUT2D eigenvalue weighted by atomic mass is 9.90. The lowest BCUT2D eigenvalue weighted by Crippen LogP contribution is -2.42. The van der Waals surface area contributed by atoms with E-state index in [2.05, 4.69) is 27.9 Å². The molecule has 0 bridgehead atoms. The maximum atomic E-state index is 12.9. The summed E-state index contributed by atoms with van der Waals surface area (Å²) < 4.78 is 1.92. The molecule has 0 spiro atoms. The molecule has 1 heterocycles. The Balaban J connectivity index is 1.37. The van der Waals surface area contributed by atoms with E-state index in [1.807, 2.05) is 29.9 Å². The first-order valence-corrected chi connectivity index (χ1v) is 11.3. The second kappa shape index (κ2) is 9.57. The van der Waals surface area contributed by atoms with Crippen LogP contribution in [0.5, 0.6) is 0 Å². The molecule has 0 radical (unpaired) electrons. The van der Waals surface area contributed by atoms with Crippen LogP contribution in [0.25, 0.3) is 0 Å². The van der Waals surface area contributed by atoms with Crippen molar-refractivity contribution >= 4 is 5.91 Å². The van der Waals surface area contributed by atoms with Gasteiger partial charge in [-0.05, 0) is 44.1 Å². The van der Waals surface area contributed by atoms with Crippen LogP contribution in [-0.4, -0.2) is 34.3 Å². The highest BCUT2D eigenvalue weighted by Crippen LogP contribution is 2.26. The van der Waals surface area contributed by atoms with E-state index < -0.39 is 0 Å². The van der Waals surface area contributed by atoms with Gasteiger partial charge >= 0.3 is 0 Å². The van der Waals surface area contributed by atoms with Crippen LogP contribution < -0.4 is 10.6 Å². The molecule has 2 aliphatic rings. The number of hydrogen-bond acceptors (Lipinski definition) is 3. The molecule has 1 fully saturated rings. The van der Waals surface area contributed by atoms with Gasteiger partial charge in [0, 0.05) is 36.9 Å². The van der Waals surface area contributed by atoms with Crippen molar-refractivity contribution in [2.45, 2.75) is 76.3 Å². The highest BCUT2D eigenvalue weighted by Gasteiger charge is 2.29. The summed E-state index contributed by atoms with van der Waals surface area (Å²) >= 11 is 0. The van der Waals surface area contributed by atoms with Crippen LogP contribution in [0.2, 0.25) is 0 Å². The van der Waals surface area contributed by atoms with Crippen molar-refractivity contribution in [1.82, 2.24) is 20.4 Å². The molecule has 2 aromatic rings. The third kappa shape index (κ3) is 5.08. The summed E-state index contributed by atoms with van der Waals surface area (Å²) in [6.07, 6.45) is 11.9. The van der Waals surface area contributed by atoms with Gasteiger partial charge in [-0.3, -0.25) is 9.48 Å². The van der Waals surface area contributed by atoms with Crippen LogP contribution >= 0.6 is 0 Å². The Morgan fingerprint density at radius 3 is 2.59 bits per heavy atom. The van der Waals surface area contributed by atoms with E-state index in [0.29, 0.717) is 24.3 Å². The van der Waals surface area contributed by atoms with Gasteiger partial charge in [-0.2, -0.15) is 5.10 Å². The summed E-state index contributed by atoms with van der Waals surface area (Å²) in [5.74, 6) is -0.0344. The van der Waals surface area contributed by atoms with Crippen LogP contribution in [0.3, 0.4) is 0 Å². The van der Waals surface area contributed by atoms with E-state index in [0.717, 1.165) is 31.2 Å². The van der Waals surface area contributed by atoms with Crippen LogP contribution in [0.1, 0.15) is 72.3 Å². The Kier molecular flexibility index (Phi) is 6.65. The van der Waals surface area contributed by atoms with Crippen molar-refractivity contribution in [3.05, 3.63) is 52.8 Å². The van der Waals surface area contributed by atoms with E-state index in [4.69, 9.17) is 0 Å². The van der Waals surface area contributed by atoms with Gasteiger partial charge in [0.15, 0.2) is 5.69 Å². The summed E-state index contributed by atoms with van der Waals surface area (Å²) in [6.45, 7) is 0.637. The quantitative estimate of drug-likeness (QED) is 0.737. The molecule has 0 aliphatic heterocycles. The Bertz CT molecular complexity index is 806. The topological polar surface area (TPSA) is 59.0 Å². The highest BCUT2D eigenvalue weighted by molar-refractivity contribution is 5.94. The van der Waals surface area contributed by atoms with Gasteiger partial charge in [0.05, 0.1) is 0 Å². The Morgan fingerprint density at radius 2 is 1.83 bits per heavy atom. The summed E-state index contributed by atoms with van der Waals surface area (Å²) in [7, 11) is 1.97. The number of rotatable bonds is 6. The number of carbonyl (C=O) groups is 1. The first-order valence-electron chi connectivity index (χ1n) is 11.3. The molecule has 4 rings (SSSR count). The Hall–Kier alpha value is -2.14. The van der Waals surface area contributed by atoms with Crippen LogP contribution in [0.15, 0.2) is 30.3 Å². The third-order valence-corrected chi connectivity index (χ3v) is 6.54. The van der Waals surface area contributed by atoms with Gasteiger partial charge in [0.25, 0.3) is 5.91 Å². The van der Waals surface area contributed by atoms with Crippen LogP contribution in [-0.2, 0) is 26.3 Å². The minimum Gasteiger partial charge on any atom is -0.350 e. The van der Waals surface area contributed by atoms with E-state index in [1.165, 1.54) is 49.8 Å². The number of nitrogens with zero attached hydrogens (tertiary/aromatic N) is 2. The molecule has 2 aliphatic carbocycles. The molecule has 1 unspecified atom stereocenters. The van der Waals surface area contributed by atoms with Crippen LogP contribution in [0, 0.1) is 0 Å². The van der Waals surface area contributed by atoms with Gasteiger partial charge in [-0.15, -0.1) is 0 Å². The van der Waals surface area contributed by atoms with Gasteiger partial charge in [0.2, 0.25) is 0 Å². The molecular weight excluding hydrogens is 360 g/mol. The number of benzene rings is 1. The number of fused-ring (bicyclic) bond motifs is 1. The normalized spacial score (nSPS) is 20.1. The zero-order chi connectivity index (χ0) is 20.1. The molecule has 1 aromatic carbocycles. The smallest absolute Gasteiger partial charge is 0.272 e. The Morgan fingerprint density at radius 1 is 1.07 bits per heavy atom. The number of carbonyl (C=O) groups excluding carboxylic acids is 1. The van der Waals surface area contributed by atoms with E-state index >= 15 is 0 Å². The van der Waals surface area contributed by atoms with Crippen molar-refractivity contribution in [2.75, 3.05) is 6.54 Å². The average molecular weight is 395 g/mol. The van der Waals surface area contributed by atoms with Crippen LogP contribution in [0.4, 0.5) is 0 Å². The fourth-order valence-electron chi connectivity index (χ4n) is 4.94. The van der Waals surface area contributed by atoms with Gasteiger partial charge in [-0.25, -0.2) is 0 Å². The molecule has 0 saturated heterocycles. The fraction of sp³-hybridized carbons (Fsp3) is 0.583. The first kappa shape index (κ1) is 20.1. The molecule has 29 heavy (non-hydrogen) atoms. The lowest BCUT2D eigenvalue weighted by molar-refractivity contribution is 0.0947. The number of aromatic nitrogens is 2. The van der Waals surface area contributed by atoms with E-state index in [9.17, 15) is 4.79 Å². The molecule has 1 atom stereocenters. The van der Waals surface area contributed by atoms with Gasteiger partial charge < -0.3 is 10.6 Å². The van der Waals surface area contributed by atoms with E-state index in [1.54, 1.807) is 0 Å². The molecule has 156 valence electrons. The second-order valence-corrected chi connectivity index (χ2v) is 8.68. The maximum Gasteiger partial charge on any atom is 0.272 e. The first-order chi connectivity index (χ1) is 14.2. The fourth-order valence-corrected chi connectivity index (χ4v) is 4.94. The molecular formula is C24H34N4O. The summed E-state index contributed by atoms with van der Waals surface area (Å²) in [4.78, 5) is 12.9. The largest absolute Gasteiger partial charge is 0.350 e. The van der Waals surface area contributed by atoms with Gasteiger partial charge in [0.1, 0.15) is 0 Å². The SMILES string of the molecule is Cn1nc(C(=O)NCCc2ccccc2)c2c1CCC(NC1CCCCCC1)C2. The van der Waals surface area contributed by atoms with Gasteiger partial charge in [-0.1, -0.05) is 56.0 Å². The zero-order valence-corrected chi connectivity index (χ0v) is 17.6. The molecule has 2 N–H and O–H groups in total. The van der Waals surface area contributed by atoms with Crippen molar-refractivity contribution in [1.29, 1.82) is 0 Å². The minimum atomic E-state index is -0.0344. The van der Waals surface area contributed by atoms with Crippen molar-refractivity contribution < 1.29 is 4.79 Å². The summed E-state index contributed by atoms with van der Waals surface area (Å²) in [5.41, 5.74) is 4.26. The van der Waals surface area contributed by atoms with Crippen molar-refractivity contribution in [2.24, 2.45) is 7.05 Å². The summed E-state index contributed by atoms with van der Waals surface area (Å²) in [5, 5.41) is 11.6. The maximum absolute atomic E-state index is 12.9. The summed E-state index contributed by atoms with van der Waals surface area (Å²) in [6, 6.07) is 11.4. The molecule has 1 saturated carbocycles. The van der Waals surface area contributed by atoms with E-state index in [-0.39, 0.29) is 5.91 Å². The number of hydrogen-bond donors (Lipinski definition) is 2. The third-order valence-electron chi connectivity index (χ3n) is 6.54. The minimum absolute atomic E-state index is 0.0344. The lowest BCUT2D eigenvalue weighted by Gasteiger charge is -2.28. The highest BCUT2D eigenvalue weighted by atomic mass is 16.1. The molecule has 1 amide bonds. The molecule has 1 aromatic heterocycles. The monoisotopic (exact) mass is 394 g/mol. The number of nitrogens with one attached hydrogen (secondary N) is 2.